The topological polar surface area (TPSA) is 29.9 Å². The number of halogens is 2. The maximum absolute atomic E-state index is 13.0. The summed E-state index contributed by atoms with van der Waals surface area (Å²) in [6.07, 6.45) is 3.80. The van der Waals surface area contributed by atoms with Crippen LogP contribution in [-0.4, -0.2) is 15.6 Å². The second kappa shape index (κ2) is 6.30. The zero-order valence-corrected chi connectivity index (χ0v) is 12.6. The van der Waals surface area contributed by atoms with Crippen molar-refractivity contribution in [2.45, 2.75) is 33.0 Å². The summed E-state index contributed by atoms with van der Waals surface area (Å²) in [4.78, 5) is 4.34. The molecule has 102 valence electrons. The predicted molar refractivity (Wildman–Crippen MR) is 77.4 cm³/mol. The maximum atomic E-state index is 13.0. The van der Waals surface area contributed by atoms with E-state index in [0.717, 1.165) is 22.3 Å². The van der Waals surface area contributed by atoms with Crippen LogP contribution in [0.3, 0.4) is 0 Å². The molecular weight excluding hydrogens is 309 g/mol. The third-order valence-electron chi connectivity index (χ3n) is 2.75. The molecule has 0 saturated carbocycles. The predicted octanol–water partition coefficient (Wildman–Crippen LogP) is 3.33. The second-order valence-corrected chi connectivity index (χ2v) is 5.66. The lowest BCUT2D eigenvalue weighted by Crippen LogP contribution is -2.21. The van der Waals surface area contributed by atoms with Crippen LogP contribution >= 0.6 is 15.9 Å². The third kappa shape index (κ3) is 4.14. The summed E-state index contributed by atoms with van der Waals surface area (Å²) in [7, 11) is 0. The van der Waals surface area contributed by atoms with Gasteiger partial charge in [-0.25, -0.2) is 9.37 Å². The lowest BCUT2D eigenvalue weighted by molar-refractivity contribution is 0.582. The first-order valence-corrected chi connectivity index (χ1v) is 7.02. The zero-order valence-electron chi connectivity index (χ0n) is 11.0. The highest BCUT2D eigenvalue weighted by Crippen LogP contribution is 2.19. The zero-order chi connectivity index (χ0) is 13.8. The minimum Gasteiger partial charge on any atom is -0.333 e. The van der Waals surface area contributed by atoms with E-state index in [1.54, 1.807) is 12.4 Å². The fourth-order valence-corrected chi connectivity index (χ4v) is 2.22. The van der Waals surface area contributed by atoms with E-state index in [-0.39, 0.29) is 5.82 Å². The van der Waals surface area contributed by atoms with Gasteiger partial charge in [0.2, 0.25) is 0 Å². The molecular formula is C14H17BrFN3. The highest BCUT2D eigenvalue weighted by Gasteiger charge is 2.04. The summed E-state index contributed by atoms with van der Waals surface area (Å²) >= 11 is 3.38. The monoisotopic (exact) mass is 325 g/mol. The van der Waals surface area contributed by atoms with Gasteiger partial charge in [0.25, 0.3) is 0 Å². The van der Waals surface area contributed by atoms with E-state index in [1.807, 2.05) is 10.8 Å². The number of benzene rings is 1. The summed E-state index contributed by atoms with van der Waals surface area (Å²) in [5.74, 6) is -0.233. The molecule has 1 aromatic heterocycles. The van der Waals surface area contributed by atoms with Crippen molar-refractivity contribution < 1.29 is 4.39 Å². The number of nitrogens with zero attached hydrogens (tertiary/aromatic N) is 2. The molecule has 1 aromatic carbocycles. The standard InChI is InChI=1S/C14H17BrFN3/c1-10(2)17-6-13-8-19(9-18-13)7-11-3-4-12(16)5-14(11)15/h3-5,8-10,17H,6-7H2,1-2H3. The van der Waals surface area contributed by atoms with E-state index in [1.165, 1.54) is 12.1 Å². The van der Waals surface area contributed by atoms with Crippen molar-refractivity contribution in [3.8, 4) is 0 Å². The molecule has 0 aliphatic rings. The number of hydrogen-bond donors (Lipinski definition) is 1. The second-order valence-electron chi connectivity index (χ2n) is 4.81. The van der Waals surface area contributed by atoms with E-state index in [4.69, 9.17) is 0 Å². The molecule has 0 amide bonds. The molecule has 3 nitrogen and oxygen atoms in total. The molecule has 0 saturated heterocycles. The average Bonchev–Trinajstić information content (AvgIpc) is 2.78. The number of hydrogen-bond acceptors (Lipinski definition) is 2. The number of imidazole rings is 1. The minimum absolute atomic E-state index is 0.233. The van der Waals surface area contributed by atoms with Gasteiger partial charge in [0.05, 0.1) is 12.0 Å². The Morgan fingerprint density at radius 2 is 2.21 bits per heavy atom. The summed E-state index contributed by atoms with van der Waals surface area (Å²) in [6.45, 7) is 5.64. The molecule has 0 bridgehead atoms. The van der Waals surface area contributed by atoms with Crippen LogP contribution < -0.4 is 5.32 Å². The van der Waals surface area contributed by atoms with E-state index in [0.29, 0.717) is 12.6 Å². The molecule has 0 fully saturated rings. The summed E-state index contributed by atoms with van der Waals surface area (Å²) in [6, 6.07) is 5.17. The van der Waals surface area contributed by atoms with Crippen molar-refractivity contribution in [1.29, 1.82) is 0 Å². The van der Waals surface area contributed by atoms with Crippen LogP contribution in [0.2, 0.25) is 0 Å². The van der Waals surface area contributed by atoms with Gasteiger partial charge in [-0.05, 0) is 17.7 Å². The molecule has 2 rings (SSSR count). The van der Waals surface area contributed by atoms with Gasteiger partial charge in [-0.3, -0.25) is 0 Å². The van der Waals surface area contributed by atoms with Crippen molar-refractivity contribution in [2.75, 3.05) is 0 Å². The van der Waals surface area contributed by atoms with Gasteiger partial charge >= 0.3 is 0 Å². The fraction of sp³-hybridized carbons (Fsp3) is 0.357. The Labute approximate surface area is 121 Å². The van der Waals surface area contributed by atoms with E-state index < -0.39 is 0 Å². The van der Waals surface area contributed by atoms with Crippen LogP contribution in [0.5, 0.6) is 0 Å². The van der Waals surface area contributed by atoms with Crippen LogP contribution in [0.25, 0.3) is 0 Å². The molecule has 19 heavy (non-hydrogen) atoms. The fourth-order valence-electron chi connectivity index (χ4n) is 1.74. The molecule has 5 heteroatoms. The molecule has 0 aliphatic carbocycles. The summed E-state index contributed by atoms with van der Waals surface area (Å²) in [5.41, 5.74) is 2.04. The van der Waals surface area contributed by atoms with Gasteiger partial charge in [-0.15, -0.1) is 0 Å². The van der Waals surface area contributed by atoms with Crippen molar-refractivity contribution >= 4 is 15.9 Å². The van der Waals surface area contributed by atoms with Gasteiger partial charge in [0.1, 0.15) is 5.82 Å². The highest BCUT2D eigenvalue weighted by atomic mass is 79.9. The van der Waals surface area contributed by atoms with Crippen molar-refractivity contribution in [3.63, 3.8) is 0 Å². The van der Waals surface area contributed by atoms with Gasteiger partial charge in [-0.2, -0.15) is 0 Å². The Bertz CT molecular complexity index is 551. The number of rotatable bonds is 5. The smallest absolute Gasteiger partial charge is 0.124 e. The van der Waals surface area contributed by atoms with E-state index in [2.05, 4.69) is 40.1 Å². The van der Waals surface area contributed by atoms with Crippen molar-refractivity contribution in [3.05, 3.63) is 52.3 Å². The van der Waals surface area contributed by atoms with Crippen molar-refractivity contribution in [2.24, 2.45) is 0 Å². The van der Waals surface area contributed by atoms with E-state index in [9.17, 15) is 4.39 Å². The highest BCUT2D eigenvalue weighted by molar-refractivity contribution is 9.10. The van der Waals surface area contributed by atoms with Crippen molar-refractivity contribution in [1.82, 2.24) is 14.9 Å². The number of nitrogens with one attached hydrogen (secondary N) is 1. The van der Waals surface area contributed by atoms with Crippen LogP contribution in [0, 0.1) is 5.82 Å². The Kier molecular flexibility index (Phi) is 4.71. The first-order chi connectivity index (χ1) is 9.04. The molecule has 0 atom stereocenters. The molecule has 2 aromatic rings. The first kappa shape index (κ1) is 14.2. The Balaban J connectivity index is 2.03. The first-order valence-electron chi connectivity index (χ1n) is 6.22. The lowest BCUT2D eigenvalue weighted by atomic mass is 10.2. The summed E-state index contributed by atoms with van der Waals surface area (Å²) in [5, 5.41) is 3.32. The van der Waals surface area contributed by atoms with Gasteiger partial charge in [-0.1, -0.05) is 35.8 Å². The van der Waals surface area contributed by atoms with E-state index >= 15 is 0 Å². The molecule has 0 aliphatic heterocycles. The van der Waals surface area contributed by atoms with Gasteiger partial charge in [0, 0.05) is 29.8 Å². The molecule has 0 radical (unpaired) electrons. The Hall–Kier alpha value is -1.20. The van der Waals surface area contributed by atoms with Gasteiger partial charge in [0.15, 0.2) is 0 Å². The van der Waals surface area contributed by atoms with Crippen LogP contribution in [0.15, 0.2) is 35.2 Å². The quantitative estimate of drug-likeness (QED) is 0.913. The molecule has 0 unspecified atom stereocenters. The Morgan fingerprint density at radius 1 is 1.42 bits per heavy atom. The Morgan fingerprint density at radius 3 is 2.89 bits per heavy atom. The normalized spacial score (nSPS) is 11.2. The third-order valence-corrected chi connectivity index (χ3v) is 3.48. The summed E-state index contributed by atoms with van der Waals surface area (Å²) < 4.78 is 15.8. The maximum Gasteiger partial charge on any atom is 0.124 e. The van der Waals surface area contributed by atoms with Crippen LogP contribution in [-0.2, 0) is 13.1 Å². The molecule has 0 spiro atoms. The van der Waals surface area contributed by atoms with Gasteiger partial charge < -0.3 is 9.88 Å². The lowest BCUT2D eigenvalue weighted by Gasteiger charge is -2.06. The minimum atomic E-state index is -0.233. The number of aromatic nitrogens is 2. The van der Waals surface area contributed by atoms with Crippen LogP contribution in [0.1, 0.15) is 25.1 Å². The SMILES string of the molecule is CC(C)NCc1cn(Cc2ccc(F)cc2Br)cn1. The van der Waals surface area contributed by atoms with Crippen LogP contribution in [0.4, 0.5) is 4.39 Å². The largest absolute Gasteiger partial charge is 0.333 e. The molecule has 1 N–H and O–H groups in total. The average molecular weight is 326 g/mol. The molecule has 1 heterocycles.